The van der Waals surface area contributed by atoms with E-state index in [1.807, 2.05) is 0 Å². The number of rotatable bonds is 4. The highest BCUT2D eigenvalue weighted by Crippen LogP contribution is 2.51. The van der Waals surface area contributed by atoms with Gasteiger partial charge < -0.3 is 0 Å². The van der Waals surface area contributed by atoms with E-state index in [1.54, 1.807) is 0 Å². The van der Waals surface area contributed by atoms with Gasteiger partial charge in [-0.2, -0.15) is 5.06 Å². The molecule has 1 heterocycles. The predicted octanol–water partition coefficient (Wildman–Crippen LogP) is 4.95. The first-order valence-corrected chi connectivity index (χ1v) is 12.4. The third-order valence-corrected chi connectivity index (χ3v) is 6.78. The first-order chi connectivity index (χ1) is 10.2. The van der Waals surface area contributed by atoms with Crippen molar-refractivity contribution < 1.29 is 4.84 Å². The smallest absolute Gasteiger partial charge is 0.0814 e. The minimum Gasteiger partial charge on any atom is -0.295 e. The molecule has 0 unspecified atom stereocenters. The highest BCUT2D eigenvalue weighted by Gasteiger charge is 2.52. The number of benzene rings is 1. The van der Waals surface area contributed by atoms with Gasteiger partial charge in [-0.1, -0.05) is 63.8 Å². The summed E-state index contributed by atoms with van der Waals surface area (Å²) in [6.45, 7) is 13.2. The molecule has 2 nitrogen and oxygen atoms in total. The van der Waals surface area contributed by atoms with Crippen LogP contribution in [0.3, 0.4) is 0 Å². The van der Waals surface area contributed by atoms with Crippen LogP contribution in [0, 0.1) is 11.3 Å². The van der Waals surface area contributed by atoms with Crippen LogP contribution in [-0.2, 0) is 11.4 Å². The van der Waals surface area contributed by atoms with Crippen LogP contribution in [0.4, 0.5) is 0 Å². The van der Waals surface area contributed by atoms with Gasteiger partial charge in [0, 0.05) is 26.6 Å². The maximum absolute atomic E-state index is 6.47. The van der Waals surface area contributed by atoms with E-state index in [4.69, 9.17) is 4.84 Å². The SMILES string of the molecule is CC1(C)C[C@H]2[C@H](C[Si](C)(C)C)ON(Cc3ccccc3)[C@H]2C1. The van der Waals surface area contributed by atoms with E-state index in [2.05, 4.69) is 68.9 Å². The summed E-state index contributed by atoms with van der Waals surface area (Å²) in [5.41, 5.74) is 1.82. The highest BCUT2D eigenvalue weighted by molar-refractivity contribution is 6.76. The third kappa shape index (κ3) is 3.64. The molecule has 3 heteroatoms. The van der Waals surface area contributed by atoms with Gasteiger partial charge in [0.2, 0.25) is 0 Å². The zero-order valence-electron chi connectivity index (χ0n) is 14.8. The van der Waals surface area contributed by atoms with E-state index in [1.165, 1.54) is 24.4 Å². The maximum Gasteiger partial charge on any atom is 0.0814 e. The lowest BCUT2D eigenvalue weighted by atomic mass is 9.89. The van der Waals surface area contributed by atoms with E-state index in [0.717, 1.165) is 12.5 Å². The molecule has 1 saturated carbocycles. The number of hydrogen-bond donors (Lipinski definition) is 0. The molecule has 1 aromatic carbocycles. The lowest BCUT2D eigenvalue weighted by molar-refractivity contribution is -0.171. The zero-order valence-corrected chi connectivity index (χ0v) is 15.8. The molecule has 2 aliphatic rings. The van der Waals surface area contributed by atoms with Crippen molar-refractivity contribution in [1.29, 1.82) is 0 Å². The minimum absolute atomic E-state index is 0.446. The number of hydrogen-bond acceptors (Lipinski definition) is 2. The summed E-state index contributed by atoms with van der Waals surface area (Å²) < 4.78 is 0. The van der Waals surface area contributed by atoms with Crippen LogP contribution in [0.25, 0.3) is 0 Å². The van der Waals surface area contributed by atoms with Crippen molar-refractivity contribution in [1.82, 2.24) is 5.06 Å². The Bertz CT molecular complexity index is 508. The molecule has 2 fully saturated rings. The Morgan fingerprint density at radius 1 is 1.14 bits per heavy atom. The zero-order chi connectivity index (χ0) is 16.0. The Kier molecular flexibility index (Phi) is 4.26. The lowest BCUT2D eigenvalue weighted by Gasteiger charge is -2.28. The third-order valence-electron chi connectivity index (χ3n) is 5.16. The van der Waals surface area contributed by atoms with Gasteiger partial charge in [0.05, 0.1) is 6.10 Å². The van der Waals surface area contributed by atoms with Gasteiger partial charge in [0.25, 0.3) is 0 Å². The molecule has 1 aromatic rings. The monoisotopic (exact) mass is 317 g/mol. The summed E-state index contributed by atoms with van der Waals surface area (Å²) in [4.78, 5) is 6.47. The van der Waals surface area contributed by atoms with E-state index < -0.39 is 8.07 Å². The molecule has 0 bridgehead atoms. The Balaban J connectivity index is 1.76. The first-order valence-electron chi connectivity index (χ1n) is 8.71. The highest BCUT2D eigenvalue weighted by atomic mass is 28.3. The van der Waals surface area contributed by atoms with Gasteiger partial charge in [-0.3, -0.25) is 4.84 Å². The van der Waals surface area contributed by atoms with E-state index in [0.29, 0.717) is 17.6 Å². The Morgan fingerprint density at radius 2 is 1.82 bits per heavy atom. The second-order valence-electron chi connectivity index (χ2n) is 9.27. The molecule has 3 rings (SSSR count). The summed E-state index contributed by atoms with van der Waals surface area (Å²) in [6, 6.07) is 12.7. The van der Waals surface area contributed by atoms with Gasteiger partial charge in [-0.05, 0) is 29.9 Å². The molecule has 22 heavy (non-hydrogen) atoms. The van der Waals surface area contributed by atoms with Crippen LogP contribution in [-0.4, -0.2) is 25.3 Å². The summed E-state index contributed by atoms with van der Waals surface area (Å²) in [5.74, 6) is 0.727. The van der Waals surface area contributed by atoms with Crippen molar-refractivity contribution in [3.8, 4) is 0 Å². The lowest BCUT2D eigenvalue weighted by Crippen LogP contribution is -2.31. The predicted molar refractivity (Wildman–Crippen MR) is 95.3 cm³/mol. The molecule has 0 radical (unpaired) electrons. The average molecular weight is 318 g/mol. The standard InChI is InChI=1S/C19H31NOSi/c1-19(2)11-16-17(12-19)20(13-15-9-7-6-8-10-15)21-18(16)14-22(3,4)5/h6-10,16-18H,11-14H2,1-5H3/t16-,17+,18+/m1/s1. The van der Waals surface area contributed by atoms with Crippen molar-refractivity contribution in [3.63, 3.8) is 0 Å². The first kappa shape index (κ1) is 16.2. The Hall–Kier alpha value is -0.643. The molecule has 0 spiro atoms. The summed E-state index contributed by atoms with van der Waals surface area (Å²) in [5, 5.41) is 2.32. The average Bonchev–Trinajstić information content (AvgIpc) is 2.85. The molecule has 1 saturated heterocycles. The quantitative estimate of drug-likeness (QED) is 0.729. The fourth-order valence-corrected chi connectivity index (χ4v) is 5.89. The molecule has 0 N–H and O–H groups in total. The Labute approximate surface area is 136 Å². The number of fused-ring (bicyclic) bond motifs is 1. The van der Waals surface area contributed by atoms with Crippen molar-refractivity contribution in [2.45, 2.75) is 71.1 Å². The topological polar surface area (TPSA) is 12.5 Å². The molecule has 1 aliphatic carbocycles. The molecule has 122 valence electrons. The largest absolute Gasteiger partial charge is 0.295 e. The normalized spacial score (nSPS) is 31.4. The van der Waals surface area contributed by atoms with Crippen molar-refractivity contribution >= 4 is 8.07 Å². The molecule has 3 atom stereocenters. The van der Waals surface area contributed by atoms with E-state index in [9.17, 15) is 0 Å². The van der Waals surface area contributed by atoms with E-state index >= 15 is 0 Å². The number of nitrogens with zero attached hydrogens (tertiary/aromatic N) is 1. The summed E-state index contributed by atoms with van der Waals surface area (Å²) in [7, 11) is -1.10. The molecular formula is C19H31NOSi. The minimum atomic E-state index is -1.10. The van der Waals surface area contributed by atoms with Crippen LogP contribution in [0.5, 0.6) is 0 Å². The molecule has 1 aliphatic heterocycles. The molecular weight excluding hydrogens is 286 g/mol. The van der Waals surface area contributed by atoms with Crippen molar-refractivity contribution in [2.24, 2.45) is 11.3 Å². The fourth-order valence-electron chi connectivity index (χ4n) is 4.31. The van der Waals surface area contributed by atoms with Crippen molar-refractivity contribution in [2.75, 3.05) is 0 Å². The Morgan fingerprint density at radius 3 is 2.45 bits per heavy atom. The second kappa shape index (κ2) is 5.77. The van der Waals surface area contributed by atoms with Crippen LogP contribution >= 0.6 is 0 Å². The maximum atomic E-state index is 6.47. The van der Waals surface area contributed by atoms with Gasteiger partial charge in [-0.25, -0.2) is 0 Å². The molecule has 0 amide bonds. The van der Waals surface area contributed by atoms with Gasteiger partial charge >= 0.3 is 0 Å². The fraction of sp³-hybridized carbons (Fsp3) is 0.684. The summed E-state index contributed by atoms with van der Waals surface area (Å²) >= 11 is 0. The summed E-state index contributed by atoms with van der Waals surface area (Å²) in [6.07, 6.45) is 3.03. The van der Waals surface area contributed by atoms with Gasteiger partial charge in [0.15, 0.2) is 0 Å². The second-order valence-corrected chi connectivity index (χ2v) is 14.8. The van der Waals surface area contributed by atoms with Crippen LogP contribution in [0.2, 0.25) is 25.7 Å². The van der Waals surface area contributed by atoms with Crippen molar-refractivity contribution in [3.05, 3.63) is 35.9 Å². The van der Waals surface area contributed by atoms with Gasteiger partial charge in [-0.15, -0.1) is 0 Å². The van der Waals surface area contributed by atoms with Crippen LogP contribution < -0.4 is 0 Å². The van der Waals surface area contributed by atoms with Crippen LogP contribution in [0.15, 0.2) is 30.3 Å². The van der Waals surface area contributed by atoms with Crippen LogP contribution in [0.1, 0.15) is 32.3 Å². The van der Waals surface area contributed by atoms with E-state index in [-0.39, 0.29) is 0 Å². The number of hydroxylamine groups is 2. The van der Waals surface area contributed by atoms with Gasteiger partial charge in [0.1, 0.15) is 0 Å². The molecule has 0 aromatic heterocycles.